The summed E-state index contributed by atoms with van der Waals surface area (Å²) in [5.41, 5.74) is 6.91. The molecule has 0 aromatic heterocycles. The molecule has 2 heterocycles. The van der Waals surface area contributed by atoms with Crippen molar-refractivity contribution in [3.8, 4) is 0 Å². The molecule has 0 aromatic carbocycles. The highest BCUT2D eigenvalue weighted by atomic mass is 15.2. The van der Waals surface area contributed by atoms with Crippen molar-refractivity contribution >= 4 is 0 Å². The third kappa shape index (κ3) is 2.83. The van der Waals surface area contributed by atoms with Crippen molar-refractivity contribution in [2.24, 2.45) is 11.1 Å². The molecule has 0 spiro atoms. The van der Waals surface area contributed by atoms with Gasteiger partial charge in [-0.05, 0) is 57.8 Å². The summed E-state index contributed by atoms with van der Waals surface area (Å²) in [6.07, 6.45) is 5.20. The zero-order valence-electron chi connectivity index (χ0n) is 11.8. The number of hydrogen-bond acceptors (Lipinski definition) is 3. The number of hydrogen-bond donors (Lipinski definition) is 1. The molecule has 0 aliphatic carbocycles. The summed E-state index contributed by atoms with van der Waals surface area (Å²) in [5, 5.41) is 0. The Morgan fingerprint density at radius 1 is 1.06 bits per heavy atom. The minimum absolute atomic E-state index is 0.296. The van der Waals surface area contributed by atoms with Gasteiger partial charge in [-0.15, -0.1) is 0 Å². The summed E-state index contributed by atoms with van der Waals surface area (Å²) in [7, 11) is 2.22. The molecule has 0 radical (unpaired) electrons. The van der Waals surface area contributed by atoms with Crippen molar-refractivity contribution in [2.75, 3.05) is 39.8 Å². The number of piperidine rings is 2. The number of rotatable bonds is 2. The van der Waals surface area contributed by atoms with E-state index < -0.39 is 0 Å². The molecular formula is C14H29N3. The zero-order chi connectivity index (χ0) is 12.5. The van der Waals surface area contributed by atoms with Gasteiger partial charge >= 0.3 is 0 Å². The first-order valence-corrected chi connectivity index (χ1v) is 7.11. The average molecular weight is 239 g/mol. The van der Waals surface area contributed by atoms with Crippen LogP contribution in [0.1, 0.15) is 39.5 Å². The molecule has 0 saturated carbocycles. The van der Waals surface area contributed by atoms with Gasteiger partial charge in [0.1, 0.15) is 0 Å². The molecule has 0 atom stereocenters. The van der Waals surface area contributed by atoms with Gasteiger partial charge in [0.05, 0.1) is 0 Å². The van der Waals surface area contributed by atoms with E-state index in [-0.39, 0.29) is 0 Å². The Morgan fingerprint density at radius 3 is 2.24 bits per heavy atom. The van der Waals surface area contributed by atoms with E-state index in [0.717, 1.165) is 6.54 Å². The van der Waals surface area contributed by atoms with Crippen LogP contribution in [0.4, 0.5) is 0 Å². The molecule has 2 aliphatic heterocycles. The lowest BCUT2D eigenvalue weighted by atomic mass is 9.78. The molecule has 2 rings (SSSR count). The first-order valence-electron chi connectivity index (χ1n) is 7.11. The van der Waals surface area contributed by atoms with E-state index in [4.69, 9.17) is 5.73 Å². The minimum Gasteiger partial charge on any atom is -0.329 e. The molecule has 2 fully saturated rings. The van der Waals surface area contributed by atoms with Gasteiger partial charge in [-0.3, -0.25) is 4.90 Å². The summed E-state index contributed by atoms with van der Waals surface area (Å²) in [5.74, 6) is 0. The molecule has 0 unspecified atom stereocenters. The molecule has 17 heavy (non-hydrogen) atoms. The van der Waals surface area contributed by atoms with Crippen molar-refractivity contribution < 1.29 is 0 Å². The molecule has 0 aromatic rings. The fraction of sp³-hybridized carbons (Fsp3) is 1.00. The minimum atomic E-state index is 0.296. The van der Waals surface area contributed by atoms with Crippen LogP contribution in [0.5, 0.6) is 0 Å². The van der Waals surface area contributed by atoms with Crippen molar-refractivity contribution in [2.45, 2.75) is 45.1 Å². The van der Waals surface area contributed by atoms with Crippen molar-refractivity contribution in [3.63, 3.8) is 0 Å². The summed E-state index contributed by atoms with van der Waals surface area (Å²) < 4.78 is 0. The number of nitrogens with two attached hydrogens (primary N) is 1. The lowest BCUT2D eigenvalue weighted by molar-refractivity contribution is -0.0158. The smallest absolute Gasteiger partial charge is 0.0356 e. The highest BCUT2D eigenvalue weighted by Crippen LogP contribution is 2.36. The van der Waals surface area contributed by atoms with Crippen LogP contribution in [0.3, 0.4) is 0 Å². The van der Waals surface area contributed by atoms with Gasteiger partial charge in [0, 0.05) is 18.6 Å². The Balaban J connectivity index is 2.07. The van der Waals surface area contributed by atoms with Crippen LogP contribution >= 0.6 is 0 Å². The molecule has 2 N–H and O–H groups in total. The second-order valence-electron chi connectivity index (χ2n) is 6.92. The van der Waals surface area contributed by atoms with Gasteiger partial charge in [0.25, 0.3) is 0 Å². The summed E-state index contributed by atoms with van der Waals surface area (Å²) in [6.45, 7) is 10.5. The van der Waals surface area contributed by atoms with E-state index >= 15 is 0 Å². The van der Waals surface area contributed by atoms with E-state index in [1.165, 1.54) is 51.9 Å². The molecule has 3 heteroatoms. The van der Waals surface area contributed by atoms with Gasteiger partial charge in [0.2, 0.25) is 0 Å². The van der Waals surface area contributed by atoms with Crippen LogP contribution in [-0.2, 0) is 0 Å². The maximum Gasteiger partial charge on any atom is 0.0356 e. The average Bonchev–Trinajstić information content (AvgIpc) is 2.29. The fourth-order valence-corrected chi connectivity index (χ4v) is 3.51. The van der Waals surface area contributed by atoms with Gasteiger partial charge in [-0.2, -0.15) is 0 Å². The number of likely N-dealkylation sites (tertiary alicyclic amines) is 2. The maximum atomic E-state index is 6.14. The van der Waals surface area contributed by atoms with Crippen LogP contribution < -0.4 is 5.73 Å². The first kappa shape index (κ1) is 13.3. The lowest BCUT2D eigenvalue weighted by Crippen LogP contribution is -2.62. The normalized spacial score (nSPS) is 30.4. The van der Waals surface area contributed by atoms with Gasteiger partial charge in [0.15, 0.2) is 0 Å². The SMILES string of the molecule is CN1CCC(CN)(N2CCCC(C)(C)C2)CC1. The van der Waals surface area contributed by atoms with E-state index in [1.807, 2.05) is 0 Å². The van der Waals surface area contributed by atoms with Crippen LogP contribution in [0.15, 0.2) is 0 Å². The highest BCUT2D eigenvalue weighted by molar-refractivity contribution is 4.98. The van der Waals surface area contributed by atoms with E-state index in [9.17, 15) is 0 Å². The lowest BCUT2D eigenvalue weighted by Gasteiger charge is -2.52. The maximum absolute atomic E-state index is 6.14. The summed E-state index contributed by atoms with van der Waals surface area (Å²) in [4.78, 5) is 5.15. The molecule has 3 nitrogen and oxygen atoms in total. The standard InChI is InChI=1S/C14H29N3/c1-13(2)5-4-8-17(12-13)14(11-15)6-9-16(3)10-7-14/h4-12,15H2,1-3H3. The van der Waals surface area contributed by atoms with Gasteiger partial charge < -0.3 is 10.6 Å². The quantitative estimate of drug-likeness (QED) is 0.793. The molecular weight excluding hydrogens is 210 g/mol. The van der Waals surface area contributed by atoms with Crippen molar-refractivity contribution in [3.05, 3.63) is 0 Å². The summed E-state index contributed by atoms with van der Waals surface area (Å²) >= 11 is 0. The Kier molecular flexibility index (Phi) is 3.81. The molecule has 2 aliphatic rings. The van der Waals surface area contributed by atoms with Gasteiger partial charge in [-0.1, -0.05) is 13.8 Å². The van der Waals surface area contributed by atoms with E-state index in [0.29, 0.717) is 11.0 Å². The molecule has 0 amide bonds. The zero-order valence-corrected chi connectivity index (χ0v) is 11.8. The topological polar surface area (TPSA) is 32.5 Å². The Morgan fingerprint density at radius 2 is 1.71 bits per heavy atom. The fourth-order valence-electron chi connectivity index (χ4n) is 3.51. The monoisotopic (exact) mass is 239 g/mol. The second kappa shape index (κ2) is 4.87. The van der Waals surface area contributed by atoms with Crippen LogP contribution in [-0.4, -0.2) is 55.1 Å². The second-order valence-corrected chi connectivity index (χ2v) is 6.92. The Bertz CT molecular complexity index is 254. The van der Waals surface area contributed by atoms with Crippen LogP contribution in [0.25, 0.3) is 0 Å². The largest absolute Gasteiger partial charge is 0.329 e. The van der Waals surface area contributed by atoms with Crippen LogP contribution in [0.2, 0.25) is 0 Å². The predicted octanol–water partition coefficient (Wildman–Crippen LogP) is 1.53. The van der Waals surface area contributed by atoms with E-state index in [2.05, 4.69) is 30.7 Å². The summed E-state index contributed by atoms with van der Waals surface area (Å²) in [6, 6.07) is 0. The molecule has 100 valence electrons. The number of nitrogens with zero attached hydrogens (tertiary/aromatic N) is 2. The molecule has 2 saturated heterocycles. The Hall–Kier alpha value is -0.120. The molecule has 0 bridgehead atoms. The van der Waals surface area contributed by atoms with Crippen LogP contribution in [0, 0.1) is 5.41 Å². The van der Waals surface area contributed by atoms with Crippen molar-refractivity contribution in [1.29, 1.82) is 0 Å². The third-order valence-corrected chi connectivity index (χ3v) is 4.87. The van der Waals surface area contributed by atoms with Gasteiger partial charge in [-0.25, -0.2) is 0 Å². The third-order valence-electron chi connectivity index (χ3n) is 4.87. The van der Waals surface area contributed by atoms with E-state index in [1.54, 1.807) is 0 Å². The Labute approximate surface area is 106 Å². The predicted molar refractivity (Wildman–Crippen MR) is 73.1 cm³/mol. The highest BCUT2D eigenvalue weighted by Gasteiger charge is 2.41. The van der Waals surface area contributed by atoms with Crippen molar-refractivity contribution in [1.82, 2.24) is 9.80 Å². The first-order chi connectivity index (χ1) is 7.97.